The average molecular weight is 341 g/mol. The number of nitrogens with one attached hydrogen (secondary N) is 2. The smallest absolute Gasteiger partial charge is 0.331 e. The monoisotopic (exact) mass is 340 g/mol. The van der Waals surface area contributed by atoms with E-state index < -0.39 is 24.4 Å². The Hall–Kier alpha value is -2.15. The molecule has 0 fully saturated rings. The number of hydrazine groups is 1. The van der Waals surface area contributed by atoms with Gasteiger partial charge >= 0.3 is 5.97 Å². The number of amides is 2. The van der Waals surface area contributed by atoms with Crippen LogP contribution in [0.3, 0.4) is 0 Å². The Balaban J connectivity index is 2.34. The van der Waals surface area contributed by atoms with E-state index in [1.807, 2.05) is 24.3 Å². The van der Waals surface area contributed by atoms with Crippen LogP contribution in [-0.4, -0.2) is 24.4 Å². The summed E-state index contributed by atoms with van der Waals surface area (Å²) in [5.74, 6) is -1.68. The number of carbonyl (C=O) groups is 3. The largest absolute Gasteiger partial charge is 0.452 e. The van der Waals surface area contributed by atoms with Crippen molar-refractivity contribution in [2.45, 2.75) is 6.92 Å². The molecule has 20 heavy (non-hydrogen) atoms. The molecule has 0 saturated carbocycles. The highest BCUT2D eigenvalue weighted by molar-refractivity contribution is 9.10. The first-order valence-corrected chi connectivity index (χ1v) is 6.42. The summed E-state index contributed by atoms with van der Waals surface area (Å²) < 4.78 is 5.62. The van der Waals surface area contributed by atoms with Crippen LogP contribution in [0, 0.1) is 0 Å². The number of ether oxygens (including phenoxy) is 1. The first-order valence-electron chi connectivity index (χ1n) is 5.63. The predicted molar refractivity (Wildman–Crippen MR) is 76.1 cm³/mol. The third kappa shape index (κ3) is 6.69. The molecule has 1 aromatic rings. The highest BCUT2D eigenvalue weighted by Crippen LogP contribution is 2.11. The average Bonchev–Trinajstić information content (AvgIpc) is 2.42. The van der Waals surface area contributed by atoms with Crippen molar-refractivity contribution in [2.24, 2.45) is 0 Å². The second-order valence-electron chi connectivity index (χ2n) is 3.72. The van der Waals surface area contributed by atoms with Gasteiger partial charge in [0.05, 0.1) is 0 Å². The molecule has 2 N–H and O–H groups in total. The third-order valence-electron chi connectivity index (χ3n) is 2.01. The summed E-state index contributed by atoms with van der Waals surface area (Å²) in [6, 6.07) is 7.31. The van der Waals surface area contributed by atoms with Crippen LogP contribution in [0.2, 0.25) is 0 Å². The minimum Gasteiger partial charge on any atom is -0.452 e. The molecule has 0 spiro atoms. The highest BCUT2D eigenvalue weighted by Gasteiger charge is 2.04. The van der Waals surface area contributed by atoms with Crippen molar-refractivity contribution in [3.05, 3.63) is 40.4 Å². The fourth-order valence-corrected chi connectivity index (χ4v) is 1.38. The van der Waals surface area contributed by atoms with E-state index in [1.165, 1.54) is 13.0 Å². The maximum Gasteiger partial charge on any atom is 0.331 e. The van der Waals surface area contributed by atoms with Crippen LogP contribution in [0.25, 0.3) is 6.08 Å². The SMILES string of the molecule is CC(=O)NNC(=O)COC(=O)/C=C/c1ccc(Br)cc1. The number of halogens is 1. The Morgan fingerprint density at radius 1 is 1.20 bits per heavy atom. The second-order valence-corrected chi connectivity index (χ2v) is 4.64. The van der Waals surface area contributed by atoms with E-state index in [2.05, 4.69) is 31.5 Å². The second kappa shape index (κ2) is 8.11. The van der Waals surface area contributed by atoms with Gasteiger partial charge in [-0.2, -0.15) is 0 Å². The molecule has 2 amide bonds. The summed E-state index contributed by atoms with van der Waals surface area (Å²) in [6.45, 7) is 0.775. The van der Waals surface area contributed by atoms with E-state index in [9.17, 15) is 14.4 Å². The van der Waals surface area contributed by atoms with Crippen molar-refractivity contribution in [1.82, 2.24) is 10.9 Å². The van der Waals surface area contributed by atoms with E-state index in [0.29, 0.717) is 0 Å². The summed E-state index contributed by atoms with van der Waals surface area (Å²) in [4.78, 5) is 33.0. The Kier molecular flexibility index (Phi) is 6.45. The van der Waals surface area contributed by atoms with Gasteiger partial charge in [0.1, 0.15) is 0 Å². The minimum absolute atomic E-state index is 0.417. The van der Waals surface area contributed by atoms with Gasteiger partial charge in [-0.05, 0) is 23.8 Å². The summed E-state index contributed by atoms with van der Waals surface area (Å²) >= 11 is 3.30. The molecule has 0 aliphatic carbocycles. The predicted octanol–water partition coefficient (Wildman–Crippen LogP) is 1.17. The molecular formula is C13H13BrN2O4. The number of benzene rings is 1. The Morgan fingerprint density at radius 3 is 2.45 bits per heavy atom. The quantitative estimate of drug-likeness (QED) is 0.489. The molecule has 0 unspecified atom stereocenters. The molecule has 0 bridgehead atoms. The lowest BCUT2D eigenvalue weighted by Crippen LogP contribution is -2.42. The Morgan fingerprint density at radius 2 is 1.85 bits per heavy atom. The van der Waals surface area contributed by atoms with Crippen molar-refractivity contribution in [3.8, 4) is 0 Å². The van der Waals surface area contributed by atoms with Crippen LogP contribution >= 0.6 is 15.9 Å². The maximum atomic E-state index is 11.3. The molecule has 7 heteroatoms. The first kappa shape index (κ1) is 15.9. The number of esters is 1. The summed E-state index contributed by atoms with van der Waals surface area (Å²) in [5, 5.41) is 0. The van der Waals surface area contributed by atoms with Crippen molar-refractivity contribution in [3.63, 3.8) is 0 Å². The van der Waals surface area contributed by atoms with E-state index in [0.717, 1.165) is 10.0 Å². The minimum atomic E-state index is -0.647. The van der Waals surface area contributed by atoms with Crippen molar-refractivity contribution < 1.29 is 19.1 Å². The molecule has 0 saturated heterocycles. The van der Waals surface area contributed by atoms with Crippen molar-refractivity contribution in [1.29, 1.82) is 0 Å². The molecule has 0 aliphatic rings. The molecule has 1 aromatic carbocycles. The van der Waals surface area contributed by atoms with Crippen LogP contribution in [0.1, 0.15) is 12.5 Å². The van der Waals surface area contributed by atoms with E-state index >= 15 is 0 Å². The van der Waals surface area contributed by atoms with Gasteiger partial charge in [0.25, 0.3) is 5.91 Å². The zero-order valence-corrected chi connectivity index (χ0v) is 12.3. The molecule has 1 rings (SSSR count). The first-order chi connectivity index (χ1) is 9.47. The lowest BCUT2D eigenvalue weighted by atomic mass is 10.2. The van der Waals surface area contributed by atoms with Crippen LogP contribution in [0.5, 0.6) is 0 Å². The molecular weight excluding hydrogens is 328 g/mol. The summed E-state index contributed by atoms with van der Waals surface area (Å²) in [6.07, 6.45) is 2.79. The maximum absolute atomic E-state index is 11.3. The fourth-order valence-electron chi connectivity index (χ4n) is 1.12. The van der Waals surface area contributed by atoms with E-state index in [4.69, 9.17) is 0 Å². The number of carbonyl (C=O) groups excluding carboxylic acids is 3. The van der Waals surface area contributed by atoms with Gasteiger partial charge in [-0.3, -0.25) is 20.4 Å². The van der Waals surface area contributed by atoms with Gasteiger partial charge < -0.3 is 4.74 Å². The van der Waals surface area contributed by atoms with Gasteiger partial charge in [0.2, 0.25) is 5.91 Å². The van der Waals surface area contributed by atoms with Crippen LogP contribution < -0.4 is 10.9 Å². The van der Waals surface area contributed by atoms with Crippen molar-refractivity contribution >= 4 is 39.8 Å². The van der Waals surface area contributed by atoms with Crippen LogP contribution in [0.15, 0.2) is 34.8 Å². The third-order valence-corrected chi connectivity index (χ3v) is 2.53. The van der Waals surface area contributed by atoms with E-state index in [1.54, 1.807) is 6.08 Å². The Bertz CT molecular complexity index is 526. The summed E-state index contributed by atoms with van der Waals surface area (Å²) in [5.41, 5.74) is 4.98. The fraction of sp³-hybridized carbons (Fsp3) is 0.154. The number of hydrogen-bond donors (Lipinski definition) is 2. The molecule has 0 radical (unpaired) electrons. The summed E-state index contributed by atoms with van der Waals surface area (Å²) in [7, 11) is 0. The molecule has 0 aromatic heterocycles. The number of hydrogen-bond acceptors (Lipinski definition) is 4. The van der Waals surface area contributed by atoms with Gasteiger partial charge in [-0.25, -0.2) is 4.79 Å². The van der Waals surface area contributed by atoms with Crippen LogP contribution in [-0.2, 0) is 19.1 Å². The normalized spacial score (nSPS) is 10.1. The molecule has 0 aliphatic heterocycles. The number of rotatable bonds is 4. The molecule has 6 nitrogen and oxygen atoms in total. The Labute approximate surface area is 124 Å². The van der Waals surface area contributed by atoms with Gasteiger partial charge in [0.15, 0.2) is 6.61 Å². The zero-order chi connectivity index (χ0) is 15.0. The van der Waals surface area contributed by atoms with E-state index in [-0.39, 0.29) is 0 Å². The molecule has 106 valence electrons. The molecule has 0 heterocycles. The zero-order valence-electron chi connectivity index (χ0n) is 10.7. The topological polar surface area (TPSA) is 84.5 Å². The standard InChI is InChI=1S/C13H13BrN2O4/c1-9(17)15-16-12(18)8-20-13(19)7-4-10-2-5-11(14)6-3-10/h2-7H,8H2,1H3,(H,15,17)(H,16,18)/b7-4+. The lowest BCUT2D eigenvalue weighted by Gasteiger charge is -2.04. The van der Waals surface area contributed by atoms with Crippen molar-refractivity contribution in [2.75, 3.05) is 6.61 Å². The van der Waals surface area contributed by atoms with Gasteiger partial charge in [0, 0.05) is 17.5 Å². The van der Waals surface area contributed by atoms with Crippen LogP contribution in [0.4, 0.5) is 0 Å². The van der Waals surface area contributed by atoms with Gasteiger partial charge in [-0.15, -0.1) is 0 Å². The van der Waals surface area contributed by atoms with Gasteiger partial charge in [-0.1, -0.05) is 28.1 Å². The molecule has 0 atom stereocenters. The highest BCUT2D eigenvalue weighted by atomic mass is 79.9. The lowest BCUT2D eigenvalue weighted by molar-refractivity contribution is -0.144.